The molecule has 0 radical (unpaired) electrons. The first-order chi connectivity index (χ1) is 13.2. The van der Waals surface area contributed by atoms with E-state index in [4.69, 9.17) is 0 Å². The lowest BCUT2D eigenvalue weighted by Crippen LogP contribution is -1.99. The van der Waals surface area contributed by atoms with Crippen molar-refractivity contribution in [2.45, 2.75) is 12.3 Å². The predicted molar refractivity (Wildman–Crippen MR) is 109 cm³/mol. The molecule has 4 rings (SSSR count). The third-order valence-corrected chi connectivity index (χ3v) is 4.93. The molecule has 1 unspecified atom stereocenters. The SMILES string of the molecule is O=[N+]([O-])c1ccc2c(c1)CC=C2C(/C=C/c1ccccc1)c1ccccc1. The van der Waals surface area contributed by atoms with E-state index in [0.29, 0.717) is 0 Å². The van der Waals surface area contributed by atoms with Crippen LogP contribution in [0.5, 0.6) is 0 Å². The Morgan fingerprint density at radius 2 is 1.63 bits per heavy atom. The lowest BCUT2D eigenvalue weighted by Gasteiger charge is -2.17. The molecule has 132 valence electrons. The van der Waals surface area contributed by atoms with E-state index in [-0.39, 0.29) is 16.5 Å². The zero-order valence-electron chi connectivity index (χ0n) is 14.8. The smallest absolute Gasteiger partial charge is 0.258 e. The standard InChI is InChI=1S/C24H19NO2/c26-25(27)21-13-16-23-20(17-21)12-15-24(23)22(19-9-5-2-6-10-19)14-11-18-7-3-1-4-8-18/h1-11,13-17,22H,12H2/b14-11+. The van der Waals surface area contributed by atoms with Crippen LogP contribution < -0.4 is 0 Å². The van der Waals surface area contributed by atoms with Crippen molar-refractivity contribution in [1.29, 1.82) is 0 Å². The number of rotatable bonds is 5. The summed E-state index contributed by atoms with van der Waals surface area (Å²) in [6.45, 7) is 0. The molecule has 3 aromatic carbocycles. The minimum Gasteiger partial charge on any atom is -0.258 e. The maximum absolute atomic E-state index is 11.1. The summed E-state index contributed by atoms with van der Waals surface area (Å²) < 4.78 is 0. The van der Waals surface area contributed by atoms with Gasteiger partial charge in [-0.05, 0) is 40.3 Å². The molecule has 1 atom stereocenters. The molecule has 0 bridgehead atoms. The second-order valence-electron chi connectivity index (χ2n) is 6.62. The molecular weight excluding hydrogens is 334 g/mol. The van der Waals surface area contributed by atoms with Crippen molar-refractivity contribution in [3.05, 3.63) is 123 Å². The minimum atomic E-state index is -0.331. The summed E-state index contributed by atoms with van der Waals surface area (Å²) >= 11 is 0. The van der Waals surface area contributed by atoms with Gasteiger partial charge in [-0.15, -0.1) is 0 Å². The molecule has 3 aromatic rings. The Balaban J connectivity index is 1.73. The number of fused-ring (bicyclic) bond motifs is 1. The molecule has 0 amide bonds. The Morgan fingerprint density at radius 3 is 2.33 bits per heavy atom. The number of nitro benzene ring substituents is 1. The molecule has 1 aliphatic carbocycles. The lowest BCUT2D eigenvalue weighted by atomic mass is 9.87. The maximum atomic E-state index is 11.1. The van der Waals surface area contributed by atoms with Gasteiger partial charge in [0, 0.05) is 18.1 Å². The third-order valence-electron chi connectivity index (χ3n) is 4.93. The molecule has 0 spiro atoms. The van der Waals surface area contributed by atoms with Gasteiger partial charge in [0.15, 0.2) is 0 Å². The quantitative estimate of drug-likeness (QED) is 0.415. The van der Waals surface area contributed by atoms with E-state index in [1.807, 2.05) is 42.5 Å². The summed E-state index contributed by atoms with van der Waals surface area (Å²) in [5.41, 5.74) is 5.85. The molecule has 0 N–H and O–H groups in total. The largest absolute Gasteiger partial charge is 0.269 e. The van der Waals surface area contributed by atoms with Gasteiger partial charge in [-0.3, -0.25) is 10.1 Å². The maximum Gasteiger partial charge on any atom is 0.269 e. The first-order valence-electron chi connectivity index (χ1n) is 8.98. The minimum absolute atomic E-state index is 0.106. The molecule has 0 aliphatic heterocycles. The Hall–Kier alpha value is -3.46. The van der Waals surface area contributed by atoms with E-state index in [0.717, 1.165) is 23.1 Å². The van der Waals surface area contributed by atoms with E-state index in [1.165, 1.54) is 11.1 Å². The van der Waals surface area contributed by atoms with Crippen LogP contribution in [-0.4, -0.2) is 4.92 Å². The monoisotopic (exact) mass is 353 g/mol. The van der Waals surface area contributed by atoms with Gasteiger partial charge in [-0.2, -0.15) is 0 Å². The van der Waals surface area contributed by atoms with Gasteiger partial charge >= 0.3 is 0 Å². The Bertz CT molecular complexity index is 1020. The van der Waals surface area contributed by atoms with Crippen LogP contribution in [0, 0.1) is 10.1 Å². The highest BCUT2D eigenvalue weighted by atomic mass is 16.6. The highest BCUT2D eigenvalue weighted by molar-refractivity contribution is 5.80. The van der Waals surface area contributed by atoms with Gasteiger partial charge in [0.1, 0.15) is 0 Å². The molecule has 1 aliphatic rings. The zero-order valence-corrected chi connectivity index (χ0v) is 14.8. The van der Waals surface area contributed by atoms with Crippen LogP contribution in [0.1, 0.15) is 28.2 Å². The van der Waals surface area contributed by atoms with Crippen LogP contribution in [0.4, 0.5) is 5.69 Å². The zero-order chi connectivity index (χ0) is 18.6. The summed E-state index contributed by atoms with van der Waals surface area (Å²) in [5.74, 6) is 0.106. The Labute approximate surface area is 158 Å². The van der Waals surface area contributed by atoms with Gasteiger partial charge < -0.3 is 0 Å². The van der Waals surface area contributed by atoms with Crippen LogP contribution in [0.25, 0.3) is 11.6 Å². The van der Waals surface area contributed by atoms with Crippen molar-refractivity contribution in [2.24, 2.45) is 0 Å². The van der Waals surface area contributed by atoms with Crippen molar-refractivity contribution >= 4 is 17.3 Å². The number of hydrogen-bond acceptors (Lipinski definition) is 2. The third kappa shape index (κ3) is 3.58. The van der Waals surface area contributed by atoms with Crippen LogP contribution >= 0.6 is 0 Å². The molecule has 0 saturated heterocycles. The topological polar surface area (TPSA) is 43.1 Å². The molecular formula is C24H19NO2. The number of hydrogen-bond donors (Lipinski definition) is 0. The summed E-state index contributed by atoms with van der Waals surface area (Å²) in [7, 11) is 0. The van der Waals surface area contributed by atoms with Crippen LogP contribution in [0.2, 0.25) is 0 Å². The highest BCUT2D eigenvalue weighted by Crippen LogP contribution is 2.40. The normalized spacial score (nSPS) is 14.0. The van der Waals surface area contributed by atoms with Gasteiger partial charge in [-0.1, -0.05) is 78.9 Å². The average Bonchev–Trinajstić information content (AvgIpc) is 3.13. The molecule has 0 fully saturated rings. The Morgan fingerprint density at radius 1 is 0.926 bits per heavy atom. The number of nitro groups is 1. The van der Waals surface area contributed by atoms with Gasteiger partial charge in [0.2, 0.25) is 0 Å². The molecule has 0 aromatic heterocycles. The van der Waals surface area contributed by atoms with Gasteiger partial charge in [0.25, 0.3) is 5.69 Å². The van der Waals surface area contributed by atoms with Crippen LogP contribution in [0.3, 0.4) is 0 Å². The van der Waals surface area contributed by atoms with Crippen LogP contribution in [0.15, 0.2) is 91.0 Å². The molecule has 0 heterocycles. The molecule has 0 saturated carbocycles. The number of nitrogens with zero attached hydrogens (tertiary/aromatic N) is 1. The molecule has 3 heteroatoms. The lowest BCUT2D eigenvalue weighted by molar-refractivity contribution is -0.384. The fourth-order valence-corrected chi connectivity index (χ4v) is 3.59. The van der Waals surface area contributed by atoms with Gasteiger partial charge in [-0.25, -0.2) is 0 Å². The van der Waals surface area contributed by atoms with E-state index in [2.05, 4.69) is 42.5 Å². The number of non-ortho nitro benzene ring substituents is 1. The average molecular weight is 353 g/mol. The van der Waals surface area contributed by atoms with Crippen molar-refractivity contribution in [2.75, 3.05) is 0 Å². The summed E-state index contributed by atoms with van der Waals surface area (Å²) in [5, 5.41) is 11.1. The highest BCUT2D eigenvalue weighted by Gasteiger charge is 2.23. The second kappa shape index (κ2) is 7.42. The summed E-state index contributed by atoms with van der Waals surface area (Å²) in [6, 6.07) is 25.8. The van der Waals surface area contributed by atoms with Crippen molar-refractivity contribution in [1.82, 2.24) is 0 Å². The Kier molecular flexibility index (Phi) is 4.67. The molecule has 3 nitrogen and oxygen atoms in total. The number of benzene rings is 3. The van der Waals surface area contributed by atoms with Crippen molar-refractivity contribution in [3.63, 3.8) is 0 Å². The first kappa shape index (κ1) is 17.0. The summed E-state index contributed by atoms with van der Waals surface area (Å²) in [4.78, 5) is 10.7. The van der Waals surface area contributed by atoms with E-state index in [9.17, 15) is 10.1 Å². The number of allylic oxidation sites excluding steroid dienone is 3. The van der Waals surface area contributed by atoms with E-state index < -0.39 is 0 Å². The second-order valence-corrected chi connectivity index (χ2v) is 6.62. The fraction of sp³-hybridized carbons (Fsp3) is 0.0833. The van der Waals surface area contributed by atoms with E-state index >= 15 is 0 Å². The van der Waals surface area contributed by atoms with Crippen LogP contribution in [-0.2, 0) is 6.42 Å². The predicted octanol–water partition coefficient (Wildman–Crippen LogP) is 6.03. The van der Waals surface area contributed by atoms with Crippen molar-refractivity contribution < 1.29 is 4.92 Å². The molecule has 27 heavy (non-hydrogen) atoms. The fourth-order valence-electron chi connectivity index (χ4n) is 3.59. The summed E-state index contributed by atoms with van der Waals surface area (Å²) in [6.07, 6.45) is 7.28. The van der Waals surface area contributed by atoms with Gasteiger partial charge in [0.05, 0.1) is 4.92 Å². The van der Waals surface area contributed by atoms with E-state index in [1.54, 1.807) is 12.1 Å². The van der Waals surface area contributed by atoms with Crippen molar-refractivity contribution in [3.8, 4) is 0 Å². The first-order valence-corrected chi connectivity index (χ1v) is 8.98.